The topological polar surface area (TPSA) is 9.23 Å². The van der Waals surface area contributed by atoms with Crippen LogP contribution in [0.1, 0.15) is 20.3 Å². The van der Waals surface area contributed by atoms with Crippen molar-refractivity contribution in [2.24, 2.45) is 0 Å². The van der Waals surface area contributed by atoms with Crippen molar-refractivity contribution >= 4 is 18.4 Å². The van der Waals surface area contributed by atoms with Crippen molar-refractivity contribution in [3.63, 3.8) is 0 Å². The second-order valence-corrected chi connectivity index (χ2v) is 10.9. The monoisotopic (exact) mass is 334 g/mol. The molecule has 0 aliphatic carbocycles. The van der Waals surface area contributed by atoms with Crippen LogP contribution in [0.5, 0.6) is 0 Å². The molecular formula is C22H26OSi. The number of rotatable bonds is 4. The Balaban J connectivity index is 2.28. The maximum atomic E-state index is 6.01. The minimum atomic E-state index is -2.07. The molecule has 0 saturated heterocycles. The van der Waals surface area contributed by atoms with Crippen LogP contribution in [0.4, 0.5) is 0 Å². The molecule has 2 aromatic rings. The van der Waals surface area contributed by atoms with Crippen molar-refractivity contribution in [1.29, 1.82) is 0 Å². The van der Waals surface area contributed by atoms with Crippen LogP contribution >= 0.6 is 0 Å². The van der Waals surface area contributed by atoms with Gasteiger partial charge >= 0.3 is 0 Å². The predicted molar refractivity (Wildman–Crippen MR) is 106 cm³/mol. The molecule has 1 nitrogen and oxygen atoms in total. The highest BCUT2D eigenvalue weighted by Crippen LogP contribution is 2.38. The summed E-state index contributed by atoms with van der Waals surface area (Å²) in [5, 5.41) is 2.89. The van der Waals surface area contributed by atoms with Crippen LogP contribution < -0.4 is 10.4 Å². The third kappa shape index (κ3) is 3.04. The van der Waals surface area contributed by atoms with Gasteiger partial charge in [0.05, 0.1) is 5.60 Å². The third-order valence-corrected chi connectivity index (χ3v) is 10.1. The van der Waals surface area contributed by atoms with Gasteiger partial charge in [0.1, 0.15) is 8.07 Å². The first-order chi connectivity index (χ1) is 11.5. The fourth-order valence-electron chi connectivity index (χ4n) is 3.88. The first-order valence-corrected chi connectivity index (χ1v) is 10.8. The van der Waals surface area contributed by atoms with Crippen LogP contribution in [0.2, 0.25) is 6.04 Å². The summed E-state index contributed by atoms with van der Waals surface area (Å²) in [5.74, 6) is 0. The Kier molecular flexibility index (Phi) is 4.61. The SMILES string of the molecule is C=C(C)C1=C[Si](c2ccccc2)(c2ccccc2)CC(C)(OC)C1. The molecule has 1 unspecified atom stereocenters. The van der Waals surface area contributed by atoms with Crippen LogP contribution in [-0.2, 0) is 4.74 Å². The van der Waals surface area contributed by atoms with Gasteiger partial charge in [-0.25, -0.2) is 0 Å². The number of allylic oxidation sites excluding steroid dienone is 1. The van der Waals surface area contributed by atoms with E-state index in [0.717, 1.165) is 18.0 Å². The number of hydrogen-bond acceptors (Lipinski definition) is 1. The standard InChI is InChI=1S/C22H26OSi/c1-18(2)19-15-22(3,23-4)17-24(16-19,20-11-7-5-8-12-20)21-13-9-6-10-14-21/h5-14,16H,1,15,17H2,2-4H3. The smallest absolute Gasteiger partial charge is 0.144 e. The fraction of sp³-hybridized carbons (Fsp3) is 0.273. The number of hydrogen-bond donors (Lipinski definition) is 0. The summed E-state index contributed by atoms with van der Waals surface area (Å²) in [4.78, 5) is 0. The quantitative estimate of drug-likeness (QED) is 0.765. The molecule has 0 aromatic heterocycles. The van der Waals surface area contributed by atoms with E-state index in [2.05, 4.69) is 86.8 Å². The van der Waals surface area contributed by atoms with Gasteiger partial charge in [-0.15, -0.1) is 0 Å². The van der Waals surface area contributed by atoms with Gasteiger partial charge in [0.2, 0.25) is 0 Å². The molecule has 3 rings (SSSR count). The second kappa shape index (κ2) is 6.54. The van der Waals surface area contributed by atoms with Gasteiger partial charge in [-0.1, -0.05) is 78.5 Å². The lowest BCUT2D eigenvalue weighted by molar-refractivity contribution is 0.0217. The molecule has 0 bridgehead atoms. The van der Waals surface area contributed by atoms with Gasteiger partial charge in [-0.05, 0) is 35.8 Å². The largest absolute Gasteiger partial charge is 0.378 e. The predicted octanol–water partition coefficient (Wildman–Crippen LogP) is 4.10. The van der Waals surface area contributed by atoms with E-state index in [0.29, 0.717) is 0 Å². The summed E-state index contributed by atoms with van der Waals surface area (Å²) in [6.07, 6.45) is 0.938. The van der Waals surface area contributed by atoms with E-state index in [1.807, 2.05) is 7.11 Å². The van der Waals surface area contributed by atoms with E-state index < -0.39 is 8.07 Å². The highest BCUT2D eigenvalue weighted by molar-refractivity contribution is 7.06. The van der Waals surface area contributed by atoms with E-state index in [9.17, 15) is 0 Å². The number of ether oxygens (including phenoxy) is 1. The average Bonchev–Trinajstić information content (AvgIpc) is 2.62. The third-order valence-electron chi connectivity index (χ3n) is 5.26. The van der Waals surface area contributed by atoms with E-state index in [-0.39, 0.29) is 5.60 Å². The van der Waals surface area contributed by atoms with E-state index in [4.69, 9.17) is 4.74 Å². The van der Waals surface area contributed by atoms with E-state index in [1.165, 1.54) is 15.9 Å². The Morgan fingerprint density at radius 3 is 1.92 bits per heavy atom. The number of benzene rings is 2. The van der Waals surface area contributed by atoms with Crippen molar-refractivity contribution in [3.8, 4) is 0 Å². The van der Waals surface area contributed by atoms with E-state index in [1.54, 1.807) is 0 Å². The molecule has 0 radical (unpaired) electrons. The molecule has 0 N–H and O–H groups in total. The Morgan fingerprint density at radius 2 is 1.50 bits per heavy atom. The van der Waals surface area contributed by atoms with E-state index >= 15 is 0 Å². The van der Waals surface area contributed by atoms with Gasteiger partial charge in [-0.2, -0.15) is 0 Å². The van der Waals surface area contributed by atoms with Gasteiger partial charge in [0.25, 0.3) is 0 Å². The summed E-state index contributed by atoms with van der Waals surface area (Å²) in [6.45, 7) is 8.59. The first-order valence-electron chi connectivity index (χ1n) is 8.53. The number of methoxy groups -OCH3 is 1. The lowest BCUT2D eigenvalue weighted by Gasteiger charge is -2.44. The zero-order valence-corrected chi connectivity index (χ0v) is 15.9. The van der Waals surface area contributed by atoms with Crippen LogP contribution in [-0.4, -0.2) is 20.8 Å². The Morgan fingerprint density at radius 1 is 1.00 bits per heavy atom. The minimum absolute atomic E-state index is 0.152. The van der Waals surface area contributed by atoms with Gasteiger partial charge in [0, 0.05) is 13.5 Å². The van der Waals surface area contributed by atoms with Gasteiger partial charge in [0.15, 0.2) is 0 Å². The van der Waals surface area contributed by atoms with Crippen LogP contribution in [0.3, 0.4) is 0 Å². The summed E-state index contributed by atoms with van der Waals surface area (Å²) in [7, 11) is -0.221. The molecule has 0 fully saturated rings. The molecule has 1 heterocycles. The van der Waals surface area contributed by atoms with Crippen molar-refractivity contribution < 1.29 is 4.74 Å². The molecule has 124 valence electrons. The molecule has 2 heteroatoms. The Hall–Kier alpha value is -1.90. The molecule has 0 saturated carbocycles. The Bertz CT molecular complexity index is 709. The molecule has 0 spiro atoms. The highest BCUT2D eigenvalue weighted by Gasteiger charge is 2.46. The minimum Gasteiger partial charge on any atom is -0.378 e. The van der Waals surface area contributed by atoms with Crippen molar-refractivity contribution in [3.05, 3.63) is 84.1 Å². The lowest BCUT2D eigenvalue weighted by Crippen LogP contribution is -2.62. The zero-order valence-electron chi connectivity index (χ0n) is 14.9. The van der Waals surface area contributed by atoms with Crippen molar-refractivity contribution in [2.45, 2.75) is 31.9 Å². The van der Waals surface area contributed by atoms with Gasteiger partial charge < -0.3 is 4.74 Å². The summed E-state index contributed by atoms with van der Waals surface area (Å²) in [6, 6.07) is 23.0. The normalized spacial score (nSPS) is 22.7. The molecule has 0 amide bonds. The summed E-state index contributed by atoms with van der Waals surface area (Å²) >= 11 is 0. The summed E-state index contributed by atoms with van der Waals surface area (Å²) in [5.41, 5.74) is 4.91. The van der Waals surface area contributed by atoms with Crippen molar-refractivity contribution in [1.82, 2.24) is 0 Å². The van der Waals surface area contributed by atoms with Crippen LogP contribution in [0, 0.1) is 0 Å². The Labute approximate surface area is 146 Å². The second-order valence-electron chi connectivity index (χ2n) is 7.16. The molecule has 1 aliphatic rings. The maximum absolute atomic E-state index is 6.01. The molecule has 24 heavy (non-hydrogen) atoms. The lowest BCUT2D eigenvalue weighted by atomic mass is 9.95. The summed E-state index contributed by atoms with van der Waals surface area (Å²) < 4.78 is 6.01. The maximum Gasteiger partial charge on any atom is 0.144 e. The molecule has 1 atom stereocenters. The average molecular weight is 335 g/mol. The molecule has 2 aromatic carbocycles. The molecule has 1 aliphatic heterocycles. The van der Waals surface area contributed by atoms with Crippen molar-refractivity contribution in [2.75, 3.05) is 7.11 Å². The zero-order chi connectivity index (χ0) is 17.2. The van der Waals surface area contributed by atoms with Gasteiger partial charge in [-0.3, -0.25) is 0 Å². The highest BCUT2D eigenvalue weighted by atomic mass is 28.3. The van der Waals surface area contributed by atoms with Crippen LogP contribution in [0.15, 0.2) is 84.1 Å². The van der Waals surface area contributed by atoms with Crippen LogP contribution in [0.25, 0.3) is 0 Å². The molecular weight excluding hydrogens is 308 g/mol. The first kappa shape index (κ1) is 16.9. The fourth-order valence-corrected chi connectivity index (χ4v) is 9.03.